The number of rotatable bonds is 21. The van der Waals surface area contributed by atoms with Crippen LogP contribution in [0.1, 0.15) is 64.7 Å². The lowest BCUT2D eigenvalue weighted by molar-refractivity contribution is 0.125. The molecular weight excluding hydrogens is 316 g/mol. The van der Waals surface area contributed by atoms with E-state index in [0.717, 1.165) is 72.1 Å². The van der Waals surface area contributed by atoms with Crippen LogP contribution >= 0.6 is 0 Å². The number of ether oxygens (including phenoxy) is 3. The summed E-state index contributed by atoms with van der Waals surface area (Å²) in [6, 6.07) is 0. The third-order valence-electron chi connectivity index (χ3n) is 4.34. The van der Waals surface area contributed by atoms with Crippen LogP contribution in [0.4, 0.5) is 0 Å². The number of hydrogen-bond donors (Lipinski definition) is 2. The molecular formula is C20H42N2O3. The number of nitrogens with one attached hydrogen (secondary N) is 2. The van der Waals surface area contributed by atoms with E-state index < -0.39 is 0 Å². The maximum Gasteiger partial charge on any atom is 0.0933 e. The van der Waals surface area contributed by atoms with Crippen LogP contribution in [0, 0.1) is 0 Å². The third kappa shape index (κ3) is 18.4. The van der Waals surface area contributed by atoms with E-state index >= 15 is 0 Å². The monoisotopic (exact) mass is 358 g/mol. The van der Waals surface area contributed by atoms with Crippen LogP contribution in [0.25, 0.3) is 0 Å². The van der Waals surface area contributed by atoms with Crippen LogP contribution in [0.15, 0.2) is 0 Å². The first-order valence-electron chi connectivity index (χ1n) is 10.6. The fraction of sp³-hybridized carbons (Fsp3) is 1.00. The van der Waals surface area contributed by atoms with Gasteiger partial charge in [0, 0.05) is 33.0 Å². The molecule has 25 heavy (non-hydrogen) atoms. The molecule has 5 heteroatoms. The molecule has 0 aromatic heterocycles. The molecule has 0 bridgehead atoms. The lowest BCUT2D eigenvalue weighted by Crippen LogP contribution is -2.21. The molecule has 0 aromatic rings. The predicted molar refractivity (Wildman–Crippen MR) is 104 cm³/mol. The maximum absolute atomic E-state index is 5.68. The van der Waals surface area contributed by atoms with Crippen molar-refractivity contribution in [2.24, 2.45) is 0 Å². The third-order valence-corrected chi connectivity index (χ3v) is 4.34. The molecule has 0 amide bonds. The Kier molecular flexibility index (Phi) is 17.0. The summed E-state index contributed by atoms with van der Waals surface area (Å²) in [5.41, 5.74) is 0. The van der Waals surface area contributed by atoms with Crippen LogP contribution in [-0.2, 0) is 14.2 Å². The highest BCUT2D eigenvalue weighted by Gasteiger charge is 2.20. The molecule has 1 rings (SSSR count). The molecule has 0 radical (unpaired) electrons. The Bertz CT molecular complexity index is 263. The highest BCUT2D eigenvalue weighted by atomic mass is 16.6. The topological polar surface area (TPSA) is 55.0 Å². The Morgan fingerprint density at radius 2 is 1.20 bits per heavy atom. The van der Waals surface area contributed by atoms with E-state index in [1.54, 1.807) is 0 Å². The molecule has 2 N–H and O–H groups in total. The van der Waals surface area contributed by atoms with Gasteiger partial charge in [-0.2, -0.15) is 0 Å². The molecule has 0 aliphatic carbocycles. The van der Waals surface area contributed by atoms with Crippen molar-refractivity contribution in [3.63, 3.8) is 0 Å². The number of epoxide rings is 1. The van der Waals surface area contributed by atoms with Crippen molar-refractivity contribution < 1.29 is 14.2 Å². The van der Waals surface area contributed by atoms with E-state index in [1.807, 2.05) is 0 Å². The Balaban J connectivity index is 1.59. The highest BCUT2D eigenvalue weighted by Crippen LogP contribution is 2.06. The van der Waals surface area contributed by atoms with Crippen LogP contribution < -0.4 is 10.6 Å². The van der Waals surface area contributed by atoms with Crippen LogP contribution in [0.3, 0.4) is 0 Å². The second kappa shape index (κ2) is 18.6. The smallest absolute Gasteiger partial charge is 0.0933 e. The van der Waals surface area contributed by atoms with E-state index in [2.05, 4.69) is 17.6 Å². The van der Waals surface area contributed by atoms with Crippen molar-refractivity contribution >= 4 is 0 Å². The Morgan fingerprint density at radius 1 is 0.720 bits per heavy atom. The predicted octanol–water partition coefficient (Wildman–Crippen LogP) is 3.13. The lowest BCUT2D eigenvalue weighted by atomic mass is 10.2. The van der Waals surface area contributed by atoms with Crippen molar-refractivity contribution in [2.75, 3.05) is 59.2 Å². The molecule has 0 saturated carbocycles. The first-order valence-corrected chi connectivity index (χ1v) is 10.6. The van der Waals surface area contributed by atoms with Crippen LogP contribution in [0.2, 0.25) is 0 Å². The van der Waals surface area contributed by atoms with E-state index in [-0.39, 0.29) is 0 Å². The molecule has 150 valence electrons. The van der Waals surface area contributed by atoms with Gasteiger partial charge in [-0.1, -0.05) is 19.8 Å². The number of hydrogen-bond acceptors (Lipinski definition) is 5. The van der Waals surface area contributed by atoms with Crippen molar-refractivity contribution in [1.82, 2.24) is 10.6 Å². The van der Waals surface area contributed by atoms with Gasteiger partial charge in [0.2, 0.25) is 0 Å². The zero-order valence-electron chi connectivity index (χ0n) is 16.5. The Hall–Kier alpha value is -0.200. The summed E-state index contributed by atoms with van der Waals surface area (Å²) in [4.78, 5) is 0. The van der Waals surface area contributed by atoms with Crippen molar-refractivity contribution in [3.05, 3.63) is 0 Å². The zero-order chi connectivity index (χ0) is 17.8. The van der Waals surface area contributed by atoms with Gasteiger partial charge in [-0.25, -0.2) is 0 Å². The first kappa shape index (κ1) is 22.8. The molecule has 5 nitrogen and oxygen atoms in total. The molecule has 1 aliphatic heterocycles. The summed E-state index contributed by atoms with van der Waals surface area (Å²) in [5.74, 6) is 0. The molecule has 1 aliphatic rings. The lowest BCUT2D eigenvalue weighted by Gasteiger charge is -2.07. The van der Waals surface area contributed by atoms with E-state index in [9.17, 15) is 0 Å². The van der Waals surface area contributed by atoms with Gasteiger partial charge in [0.1, 0.15) is 0 Å². The molecule has 1 heterocycles. The number of unbranched alkanes of at least 4 members (excludes halogenated alkanes) is 5. The van der Waals surface area contributed by atoms with Crippen LogP contribution in [0.5, 0.6) is 0 Å². The minimum atomic E-state index is 0.494. The Morgan fingerprint density at radius 3 is 1.68 bits per heavy atom. The summed E-state index contributed by atoms with van der Waals surface area (Å²) in [7, 11) is 0. The first-order chi connectivity index (χ1) is 12.4. The second-order valence-corrected chi connectivity index (χ2v) is 6.96. The summed E-state index contributed by atoms with van der Waals surface area (Å²) in [5, 5.41) is 6.91. The quantitative estimate of drug-likeness (QED) is 0.244. The average molecular weight is 359 g/mol. The van der Waals surface area contributed by atoms with E-state index in [4.69, 9.17) is 14.2 Å². The molecule has 0 aromatic carbocycles. The molecule has 1 atom stereocenters. The SMILES string of the molecule is CCCCCOCCCCNCCCCOCCCCNCC1CO1. The summed E-state index contributed by atoms with van der Waals surface area (Å²) in [6.45, 7) is 11.1. The van der Waals surface area contributed by atoms with Crippen molar-refractivity contribution in [1.29, 1.82) is 0 Å². The van der Waals surface area contributed by atoms with Gasteiger partial charge < -0.3 is 24.8 Å². The summed E-state index contributed by atoms with van der Waals surface area (Å²) in [6.07, 6.45) is 11.4. The molecule has 1 unspecified atom stereocenters. The van der Waals surface area contributed by atoms with Gasteiger partial charge in [-0.15, -0.1) is 0 Å². The van der Waals surface area contributed by atoms with Crippen molar-refractivity contribution in [2.45, 2.75) is 70.8 Å². The highest BCUT2D eigenvalue weighted by molar-refractivity contribution is 4.71. The van der Waals surface area contributed by atoms with E-state index in [0.29, 0.717) is 6.10 Å². The van der Waals surface area contributed by atoms with Gasteiger partial charge in [-0.3, -0.25) is 0 Å². The van der Waals surface area contributed by atoms with Gasteiger partial charge in [0.25, 0.3) is 0 Å². The minimum absolute atomic E-state index is 0.494. The summed E-state index contributed by atoms with van der Waals surface area (Å²) < 4.78 is 16.4. The zero-order valence-corrected chi connectivity index (χ0v) is 16.5. The second-order valence-electron chi connectivity index (χ2n) is 6.96. The van der Waals surface area contributed by atoms with Crippen LogP contribution in [-0.4, -0.2) is 65.3 Å². The fourth-order valence-electron chi connectivity index (χ4n) is 2.59. The van der Waals surface area contributed by atoms with Crippen molar-refractivity contribution in [3.8, 4) is 0 Å². The summed E-state index contributed by atoms with van der Waals surface area (Å²) >= 11 is 0. The normalized spacial score (nSPS) is 16.4. The molecule has 1 saturated heterocycles. The maximum atomic E-state index is 5.68. The fourth-order valence-corrected chi connectivity index (χ4v) is 2.59. The largest absolute Gasteiger partial charge is 0.381 e. The Labute approximate surface area is 155 Å². The van der Waals surface area contributed by atoms with Gasteiger partial charge in [0.15, 0.2) is 0 Å². The molecule has 0 spiro atoms. The standard InChI is InChI=1S/C20H42N2O3/c1-2-3-7-14-23-15-8-4-11-21-12-5-9-16-24-17-10-6-13-22-18-20-19-25-20/h20-22H,2-19H2,1H3. The van der Waals surface area contributed by atoms with Gasteiger partial charge in [0.05, 0.1) is 12.7 Å². The van der Waals surface area contributed by atoms with Gasteiger partial charge >= 0.3 is 0 Å². The molecule has 1 fully saturated rings. The van der Waals surface area contributed by atoms with E-state index in [1.165, 1.54) is 44.9 Å². The van der Waals surface area contributed by atoms with Gasteiger partial charge in [-0.05, 0) is 64.6 Å². The average Bonchev–Trinajstić information content (AvgIpc) is 3.44. The minimum Gasteiger partial charge on any atom is -0.381 e.